The van der Waals surface area contributed by atoms with Gasteiger partial charge in [0, 0.05) is 21.5 Å². The lowest BCUT2D eigenvalue weighted by molar-refractivity contribution is 0.0577. The Labute approximate surface area is 135 Å². The predicted molar refractivity (Wildman–Crippen MR) is 83.8 cm³/mol. The molecular formula is C15H12BrCl2FO. The Morgan fingerprint density at radius 2 is 1.85 bits per heavy atom. The fraction of sp³-hybridized carbons (Fsp3) is 0.200. The Hall–Kier alpha value is -0.610. The van der Waals surface area contributed by atoms with Crippen LogP contribution in [0.2, 0.25) is 10.0 Å². The van der Waals surface area contributed by atoms with Crippen molar-refractivity contribution in [1.82, 2.24) is 0 Å². The highest BCUT2D eigenvalue weighted by Crippen LogP contribution is 2.33. The average Bonchev–Trinajstić information content (AvgIpc) is 2.33. The van der Waals surface area contributed by atoms with E-state index in [0.717, 1.165) is 4.47 Å². The Kier molecular flexibility index (Phi) is 4.75. The van der Waals surface area contributed by atoms with Crippen LogP contribution in [-0.2, 0) is 12.0 Å². The molecule has 2 rings (SSSR count). The quantitative estimate of drug-likeness (QED) is 0.764. The molecule has 2 aromatic carbocycles. The van der Waals surface area contributed by atoms with E-state index in [1.807, 2.05) is 0 Å². The third kappa shape index (κ3) is 3.53. The summed E-state index contributed by atoms with van der Waals surface area (Å²) in [5.41, 5.74) is 0.0477. The van der Waals surface area contributed by atoms with Crippen LogP contribution >= 0.6 is 39.1 Å². The number of halogens is 4. The molecule has 1 N–H and O–H groups in total. The topological polar surface area (TPSA) is 20.2 Å². The molecule has 2 aromatic rings. The van der Waals surface area contributed by atoms with Gasteiger partial charge in [0.1, 0.15) is 5.82 Å². The van der Waals surface area contributed by atoms with Crippen LogP contribution in [0.1, 0.15) is 18.1 Å². The van der Waals surface area contributed by atoms with Crippen LogP contribution < -0.4 is 0 Å². The molecule has 0 amide bonds. The zero-order valence-corrected chi connectivity index (χ0v) is 13.7. The molecule has 0 spiro atoms. The molecule has 0 fully saturated rings. The third-order valence-electron chi connectivity index (χ3n) is 3.04. The molecule has 106 valence electrons. The molecule has 1 atom stereocenters. The molecule has 0 aliphatic carbocycles. The summed E-state index contributed by atoms with van der Waals surface area (Å²) in [5, 5.41) is 11.1. The molecule has 0 heterocycles. The summed E-state index contributed by atoms with van der Waals surface area (Å²) >= 11 is 15.1. The Morgan fingerprint density at radius 1 is 1.15 bits per heavy atom. The fourth-order valence-electron chi connectivity index (χ4n) is 2.07. The van der Waals surface area contributed by atoms with Crippen LogP contribution in [-0.4, -0.2) is 5.11 Å². The minimum absolute atomic E-state index is 0.0649. The van der Waals surface area contributed by atoms with Gasteiger partial charge in [0.15, 0.2) is 0 Å². The summed E-state index contributed by atoms with van der Waals surface area (Å²) in [4.78, 5) is 0. The van der Waals surface area contributed by atoms with Gasteiger partial charge in [0.25, 0.3) is 0 Å². The Bertz CT molecular complexity index is 644. The smallest absolute Gasteiger partial charge is 0.142 e. The number of hydrogen-bond donors (Lipinski definition) is 1. The molecule has 0 aromatic heterocycles. The zero-order chi connectivity index (χ0) is 14.9. The number of rotatable bonds is 3. The SMILES string of the molecule is CC(O)(Cc1ccc(Cl)c(F)c1)c1ccc(Br)cc1Cl. The van der Waals surface area contributed by atoms with E-state index in [1.165, 1.54) is 12.1 Å². The minimum atomic E-state index is -1.20. The first kappa shape index (κ1) is 15.8. The second-order valence-electron chi connectivity index (χ2n) is 4.82. The van der Waals surface area contributed by atoms with Gasteiger partial charge in [0.2, 0.25) is 0 Å². The van der Waals surface area contributed by atoms with E-state index in [9.17, 15) is 9.50 Å². The Morgan fingerprint density at radius 3 is 2.45 bits per heavy atom. The molecule has 0 saturated heterocycles. The number of aliphatic hydroxyl groups is 1. The largest absolute Gasteiger partial charge is 0.385 e. The highest BCUT2D eigenvalue weighted by Gasteiger charge is 2.26. The maximum Gasteiger partial charge on any atom is 0.142 e. The van der Waals surface area contributed by atoms with Gasteiger partial charge in [0.05, 0.1) is 10.6 Å². The lowest BCUT2D eigenvalue weighted by atomic mass is 9.89. The van der Waals surface area contributed by atoms with E-state index < -0.39 is 11.4 Å². The lowest BCUT2D eigenvalue weighted by Gasteiger charge is -2.25. The van der Waals surface area contributed by atoms with Gasteiger partial charge in [-0.15, -0.1) is 0 Å². The van der Waals surface area contributed by atoms with Gasteiger partial charge < -0.3 is 5.11 Å². The molecule has 0 saturated carbocycles. The second-order valence-corrected chi connectivity index (χ2v) is 6.55. The summed E-state index contributed by atoms with van der Waals surface area (Å²) < 4.78 is 14.3. The van der Waals surface area contributed by atoms with Crippen LogP contribution in [0.5, 0.6) is 0 Å². The molecule has 0 aliphatic rings. The first-order valence-corrected chi connectivity index (χ1v) is 7.46. The molecule has 1 unspecified atom stereocenters. The summed E-state index contributed by atoms with van der Waals surface area (Å²) in [7, 11) is 0. The van der Waals surface area contributed by atoms with E-state index in [0.29, 0.717) is 16.1 Å². The molecule has 0 aliphatic heterocycles. The summed E-state index contributed by atoms with van der Waals surface area (Å²) in [6.07, 6.45) is 0.239. The first-order chi connectivity index (χ1) is 9.29. The van der Waals surface area contributed by atoms with E-state index in [1.54, 1.807) is 31.2 Å². The van der Waals surface area contributed by atoms with Gasteiger partial charge in [-0.05, 0) is 36.8 Å². The summed E-state index contributed by atoms with van der Waals surface area (Å²) in [6, 6.07) is 9.76. The molecule has 5 heteroatoms. The van der Waals surface area contributed by atoms with Crippen LogP contribution in [0.25, 0.3) is 0 Å². The van der Waals surface area contributed by atoms with E-state index in [-0.39, 0.29) is 11.4 Å². The van der Waals surface area contributed by atoms with Crippen molar-refractivity contribution in [2.24, 2.45) is 0 Å². The normalized spacial score (nSPS) is 14.1. The van der Waals surface area contributed by atoms with Crippen LogP contribution in [0, 0.1) is 5.82 Å². The standard InChI is InChI=1S/C15H12BrCl2FO/c1-15(20,11-4-3-10(16)7-13(11)18)8-9-2-5-12(17)14(19)6-9/h2-7,20H,8H2,1H3. The summed E-state index contributed by atoms with van der Waals surface area (Å²) in [6.45, 7) is 1.65. The maximum absolute atomic E-state index is 13.4. The van der Waals surface area contributed by atoms with E-state index in [2.05, 4.69) is 15.9 Å². The van der Waals surface area contributed by atoms with Gasteiger partial charge in [-0.3, -0.25) is 0 Å². The number of benzene rings is 2. The zero-order valence-electron chi connectivity index (χ0n) is 10.6. The van der Waals surface area contributed by atoms with Crippen LogP contribution in [0.3, 0.4) is 0 Å². The molecule has 20 heavy (non-hydrogen) atoms. The monoisotopic (exact) mass is 376 g/mol. The Balaban J connectivity index is 2.32. The van der Waals surface area contributed by atoms with Crippen molar-refractivity contribution in [2.45, 2.75) is 18.9 Å². The highest BCUT2D eigenvalue weighted by atomic mass is 79.9. The predicted octanol–water partition coefficient (Wildman–Crippen LogP) is 5.35. The maximum atomic E-state index is 13.4. The number of hydrogen-bond acceptors (Lipinski definition) is 1. The molecule has 0 radical (unpaired) electrons. The van der Waals surface area contributed by atoms with Crippen molar-refractivity contribution in [1.29, 1.82) is 0 Å². The first-order valence-electron chi connectivity index (χ1n) is 5.91. The average molecular weight is 378 g/mol. The molecule has 0 bridgehead atoms. The lowest BCUT2D eigenvalue weighted by Crippen LogP contribution is -2.24. The van der Waals surface area contributed by atoms with Crippen molar-refractivity contribution in [3.05, 3.63) is 67.9 Å². The third-order valence-corrected chi connectivity index (χ3v) is 4.16. The van der Waals surface area contributed by atoms with Gasteiger partial charge in [-0.1, -0.05) is 51.3 Å². The van der Waals surface area contributed by atoms with Crippen molar-refractivity contribution in [2.75, 3.05) is 0 Å². The van der Waals surface area contributed by atoms with Crippen molar-refractivity contribution in [3.8, 4) is 0 Å². The minimum Gasteiger partial charge on any atom is -0.385 e. The van der Waals surface area contributed by atoms with E-state index in [4.69, 9.17) is 23.2 Å². The van der Waals surface area contributed by atoms with Gasteiger partial charge >= 0.3 is 0 Å². The fourth-order valence-corrected chi connectivity index (χ4v) is 3.06. The van der Waals surface area contributed by atoms with Crippen molar-refractivity contribution < 1.29 is 9.50 Å². The summed E-state index contributed by atoms with van der Waals surface area (Å²) in [5.74, 6) is -0.498. The van der Waals surface area contributed by atoms with Crippen LogP contribution in [0.4, 0.5) is 4.39 Å². The van der Waals surface area contributed by atoms with Crippen LogP contribution in [0.15, 0.2) is 40.9 Å². The van der Waals surface area contributed by atoms with Gasteiger partial charge in [-0.25, -0.2) is 4.39 Å². The molecular weight excluding hydrogens is 366 g/mol. The van der Waals surface area contributed by atoms with Gasteiger partial charge in [-0.2, -0.15) is 0 Å². The highest BCUT2D eigenvalue weighted by molar-refractivity contribution is 9.10. The van der Waals surface area contributed by atoms with E-state index >= 15 is 0 Å². The molecule has 1 nitrogen and oxygen atoms in total. The van der Waals surface area contributed by atoms with Crippen molar-refractivity contribution in [3.63, 3.8) is 0 Å². The van der Waals surface area contributed by atoms with Crippen molar-refractivity contribution >= 4 is 39.1 Å². The second kappa shape index (κ2) is 6.02.